The minimum Gasteiger partial charge on any atom is -0.507 e. The van der Waals surface area contributed by atoms with Gasteiger partial charge in [0.05, 0.1) is 25.3 Å². The van der Waals surface area contributed by atoms with Crippen molar-refractivity contribution in [3.63, 3.8) is 0 Å². The Hall–Kier alpha value is -3.03. The fraction of sp³-hybridized carbons (Fsp3) is 0.385. The standard InChI is InChI=1S/C26H31ClN2O5/c1-5-15-34-20-12-9-18(16-21(20)33-4)23-22(24(30)17-7-10-19(27)11-8-17)25(31)26(32)29(23)14-6-13-28(2)3/h7-12,16,23,30H,5-6,13-15H2,1-4H3/b24-22-. The predicted molar refractivity (Wildman–Crippen MR) is 132 cm³/mol. The van der Waals surface area contributed by atoms with Gasteiger partial charge in [-0.25, -0.2) is 0 Å². The van der Waals surface area contributed by atoms with Crippen molar-refractivity contribution in [2.45, 2.75) is 25.8 Å². The van der Waals surface area contributed by atoms with Crippen LogP contribution in [-0.4, -0.2) is 67.5 Å². The van der Waals surface area contributed by atoms with Gasteiger partial charge in [0.1, 0.15) is 5.76 Å². The Morgan fingerprint density at radius 3 is 2.44 bits per heavy atom. The summed E-state index contributed by atoms with van der Waals surface area (Å²) in [5.74, 6) is -0.510. The molecule has 0 saturated carbocycles. The number of hydrogen-bond donors (Lipinski definition) is 1. The van der Waals surface area contributed by atoms with Crippen molar-refractivity contribution >= 4 is 29.1 Å². The molecule has 0 aliphatic carbocycles. The monoisotopic (exact) mass is 486 g/mol. The van der Waals surface area contributed by atoms with Crippen LogP contribution in [-0.2, 0) is 9.59 Å². The molecule has 1 heterocycles. The zero-order valence-electron chi connectivity index (χ0n) is 20.0. The van der Waals surface area contributed by atoms with Gasteiger partial charge < -0.3 is 24.4 Å². The number of amides is 1. The number of aliphatic hydroxyl groups is 1. The largest absolute Gasteiger partial charge is 0.507 e. The van der Waals surface area contributed by atoms with Crippen molar-refractivity contribution in [3.05, 3.63) is 64.2 Å². The molecule has 34 heavy (non-hydrogen) atoms. The summed E-state index contributed by atoms with van der Waals surface area (Å²) in [5.41, 5.74) is 1.11. The first-order valence-electron chi connectivity index (χ1n) is 11.3. The number of ether oxygens (including phenoxy) is 2. The molecule has 1 atom stereocenters. The molecule has 2 aromatic rings. The summed E-state index contributed by atoms with van der Waals surface area (Å²) < 4.78 is 11.3. The highest BCUT2D eigenvalue weighted by Crippen LogP contribution is 2.42. The highest BCUT2D eigenvalue weighted by Gasteiger charge is 2.46. The molecule has 1 saturated heterocycles. The summed E-state index contributed by atoms with van der Waals surface area (Å²) in [7, 11) is 5.44. The molecule has 182 valence electrons. The van der Waals surface area contributed by atoms with Gasteiger partial charge in [-0.2, -0.15) is 0 Å². The Labute approximate surface area is 205 Å². The summed E-state index contributed by atoms with van der Waals surface area (Å²) in [4.78, 5) is 29.7. The van der Waals surface area contributed by atoms with Gasteiger partial charge in [0, 0.05) is 17.1 Å². The number of methoxy groups -OCH3 is 1. The predicted octanol–water partition coefficient (Wildman–Crippen LogP) is 4.51. The highest BCUT2D eigenvalue weighted by atomic mass is 35.5. The molecule has 1 unspecified atom stereocenters. The van der Waals surface area contributed by atoms with Crippen LogP contribution < -0.4 is 9.47 Å². The third-order valence-electron chi connectivity index (χ3n) is 5.63. The number of ketones is 1. The second kappa shape index (κ2) is 11.4. The van der Waals surface area contributed by atoms with Gasteiger partial charge >= 0.3 is 0 Å². The molecule has 0 spiro atoms. The molecule has 1 amide bonds. The van der Waals surface area contributed by atoms with Crippen LogP contribution in [0.2, 0.25) is 5.02 Å². The van der Waals surface area contributed by atoms with Crippen LogP contribution in [0.4, 0.5) is 0 Å². The first-order valence-corrected chi connectivity index (χ1v) is 11.7. The molecule has 1 aliphatic heterocycles. The van der Waals surface area contributed by atoms with Gasteiger partial charge in [-0.05, 0) is 75.4 Å². The van der Waals surface area contributed by atoms with Crippen LogP contribution in [0.1, 0.15) is 36.9 Å². The molecular weight excluding hydrogens is 456 g/mol. The molecule has 1 N–H and O–H groups in total. The maximum absolute atomic E-state index is 13.1. The van der Waals surface area contributed by atoms with Gasteiger partial charge in [-0.3, -0.25) is 9.59 Å². The molecule has 7 nitrogen and oxygen atoms in total. The molecule has 2 aromatic carbocycles. The summed E-state index contributed by atoms with van der Waals surface area (Å²) in [6.45, 7) is 3.66. The number of rotatable bonds is 10. The number of carbonyl (C=O) groups is 2. The van der Waals surface area contributed by atoms with Gasteiger partial charge in [0.25, 0.3) is 11.7 Å². The molecule has 1 aliphatic rings. The van der Waals surface area contributed by atoms with E-state index < -0.39 is 17.7 Å². The summed E-state index contributed by atoms with van der Waals surface area (Å²) >= 11 is 5.99. The molecule has 1 fully saturated rings. The van der Waals surface area contributed by atoms with Gasteiger partial charge in [-0.15, -0.1) is 0 Å². The quantitative estimate of drug-likeness (QED) is 0.302. The lowest BCUT2D eigenvalue weighted by Gasteiger charge is -2.26. The van der Waals surface area contributed by atoms with E-state index in [4.69, 9.17) is 21.1 Å². The van der Waals surface area contributed by atoms with Crippen LogP contribution in [0.25, 0.3) is 5.76 Å². The number of nitrogens with zero attached hydrogens (tertiary/aromatic N) is 2. The molecular formula is C26H31ClN2O5. The van der Waals surface area contributed by atoms with Crippen LogP contribution >= 0.6 is 11.6 Å². The zero-order valence-corrected chi connectivity index (χ0v) is 20.8. The van der Waals surface area contributed by atoms with Gasteiger partial charge in [-0.1, -0.05) is 24.6 Å². The zero-order chi connectivity index (χ0) is 24.8. The van der Waals surface area contributed by atoms with Crippen molar-refractivity contribution < 1.29 is 24.2 Å². The molecule has 0 radical (unpaired) electrons. The maximum Gasteiger partial charge on any atom is 0.295 e. The Balaban J connectivity index is 2.10. The summed E-state index contributed by atoms with van der Waals surface area (Å²) in [6.07, 6.45) is 1.52. The minimum absolute atomic E-state index is 0.0430. The van der Waals surface area contributed by atoms with Gasteiger partial charge in [0.2, 0.25) is 0 Å². The van der Waals surface area contributed by atoms with E-state index in [1.54, 1.807) is 49.6 Å². The Morgan fingerprint density at radius 1 is 1.12 bits per heavy atom. The topological polar surface area (TPSA) is 79.3 Å². The number of hydrogen-bond acceptors (Lipinski definition) is 6. The summed E-state index contributed by atoms with van der Waals surface area (Å²) in [6, 6.07) is 11.1. The van der Waals surface area contributed by atoms with Crippen molar-refractivity contribution in [3.8, 4) is 11.5 Å². The second-order valence-electron chi connectivity index (χ2n) is 8.41. The third kappa shape index (κ3) is 5.54. The van der Waals surface area contributed by atoms with E-state index in [1.165, 1.54) is 4.90 Å². The van der Waals surface area contributed by atoms with E-state index in [9.17, 15) is 14.7 Å². The molecule has 3 rings (SSSR count). The third-order valence-corrected chi connectivity index (χ3v) is 5.88. The molecule has 8 heteroatoms. The number of Topliss-reactive ketones (excluding diaryl/α,β-unsaturated/α-hetero) is 1. The fourth-order valence-corrected chi connectivity index (χ4v) is 4.09. The lowest BCUT2D eigenvalue weighted by Crippen LogP contribution is -2.32. The number of aliphatic hydroxyl groups excluding tert-OH is 1. The van der Waals surface area contributed by atoms with Crippen LogP contribution in [0.3, 0.4) is 0 Å². The number of likely N-dealkylation sites (tertiary alicyclic amines) is 1. The van der Waals surface area contributed by atoms with E-state index in [-0.39, 0.29) is 11.3 Å². The molecule has 0 bridgehead atoms. The second-order valence-corrected chi connectivity index (χ2v) is 8.85. The Morgan fingerprint density at radius 2 is 1.82 bits per heavy atom. The minimum atomic E-state index is -0.757. The van der Waals surface area contributed by atoms with Crippen LogP contribution in [0.15, 0.2) is 48.0 Å². The number of halogens is 1. The normalized spacial score (nSPS) is 17.5. The van der Waals surface area contributed by atoms with E-state index in [1.807, 2.05) is 25.9 Å². The van der Waals surface area contributed by atoms with Crippen LogP contribution in [0, 0.1) is 0 Å². The Bertz CT molecular complexity index is 1070. The smallest absolute Gasteiger partial charge is 0.295 e. The lowest BCUT2D eigenvalue weighted by atomic mass is 9.95. The maximum atomic E-state index is 13.1. The summed E-state index contributed by atoms with van der Waals surface area (Å²) in [5, 5.41) is 11.6. The van der Waals surface area contributed by atoms with E-state index in [0.717, 1.165) is 13.0 Å². The van der Waals surface area contributed by atoms with E-state index in [2.05, 4.69) is 0 Å². The van der Waals surface area contributed by atoms with E-state index >= 15 is 0 Å². The van der Waals surface area contributed by atoms with Crippen molar-refractivity contribution in [1.82, 2.24) is 9.80 Å². The Kier molecular flexibility index (Phi) is 8.58. The SMILES string of the molecule is CCCOc1ccc(C2/C(=C(/O)c3ccc(Cl)cc3)C(=O)C(=O)N2CCCN(C)C)cc1OC. The van der Waals surface area contributed by atoms with Crippen molar-refractivity contribution in [2.24, 2.45) is 0 Å². The first-order chi connectivity index (χ1) is 16.3. The van der Waals surface area contributed by atoms with Crippen molar-refractivity contribution in [1.29, 1.82) is 0 Å². The number of benzene rings is 2. The average Bonchev–Trinajstić information content (AvgIpc) is 3.07. The van der Waals surface area contributed by atoms with Crippen molar-refractivity contribution in [2.75, 3.05) is 40.9 Å². The molecule has 0 aromatic heterocycles. The van der Waals surface area contributed by atoms with E-state index in [0.29, 0.717) is 47.2 Å². The lowest BCUT2D eigenvalue weighted by molar-refractivity contribution is -0.139. The first kappa shape index (κ1) is 25.6. The van der Waals surface area contributed by atoms with Gasteiger partial charge in [0.15, 0.2) is 11.5 Å². The fourth-order valence-electron chi connectivity index (χ4n) is 3.96. The number of carbonyl (C=O) groups excluding carboxylic acids is 2. The van der Waals surface area contributed by atoms with Crippen LogP contribution in [0.5, 0.6) is 11.5 Å². The highest BCUT2D eigenvalue weighted by molar-refractivity contribution is 6.46. The average molecular weight is 487 g/mol.